The van der Waals surface area contributed by atoms with Gasteiger partial charge >= 0.3 is 0 Å². The number of amides is 1. The summed E-state index contributed by atoms with van der Waals surface area (Å²) >= 11 is 0. The molecule has 13 heavy (non-hydrogen) atoms. The number of benzene rings is 1. The first-order valence-corrected chi connectivity index (χ1v) is 3.98. The summed E-state index contributed by atoms with van der Waals surface area (Å²) in [5, 5.41) is 2.67. The topological polar surface area (TPSA) is 55.1 Å². The van der Waals surface area contributed by atoms with Crippen LogP contribution in [0.2, 0.25) is 0 Å². The highest BCUT2D eigenvalue weighted by Crippen LogP contribution is 2.05. The predicted molar refractivity (Wildman–Crippen MR) is 53.3 cm³/mol. The number of para-hydroxylation sites is 1. The average Bonchev–Trinajstić information content (AvgIpc) is 2.18. The second kappa shape index (κ2) is 4.42. The molecule has 1 aromatic carbocycles. The van der Waals surface area contributed by atoms with Crippen molar-refractivity contribution in [2.75, 3.05) is 11.9 Å². The summed E-state index contributed by atoms with van der Waals surface area (Å²) in [4.78, 5) is 11.3. The maximum atomic E-state index is 11.3. The van der Waals surface area contributed by atoms with E-state index in [9.17, 15) is 4.79 Å². The van der Waals surface area contributed by atoms with E-state index in [-0.39, 0.29) is 12.5 Å². The van der Waals surface area contributed by atoms with E-state index < -0.39 is 0 Å². The zero-order chi connectivity index (χ0) is 9.68. The van der Waals surface area contributed by atoms with Gasteiger partial charge in [0, 0.05) is 17.8 Å². The van der Waals surface area contributed by atoms with Crippen molar-refractivity contribution in [3.8, 4) is 0 Å². The van der Waals surface area contributed by atoms with Gasteiger partial charge in [0.25, 0.3) is 5.91 Å². The molecule has 0 aliphatic carbocycles. The van der Waals surface area contributed by atoms with Gasteiger partial charge < -0.3 is 11.1 Å². The molecule has 1 aromatic rings. The summed E-state index contributed by atoms with van der Waals surface area (Å²) in [7, 11) is 0. The largest absolute Gasteiger partial charge is 0.326 e. The Morgan fingerprint density at radius 1 is 1.38 bits per heavy atom. The van der Waals surface area contributed by atoms with Gasteiger partial charge in [-0.1, -0.05) is 24.8 Å². The SMILES string of the molecule is C=C(CN)C(=O)Nc1ccccc1. The van der Waals surface area contributed by atoms with Gasteiger partial charge in [-0.25, -0.2) is 0 Å². The van der Waals surface area contributed by atoms with Gasteiger partial charge in [0.1, 0.15) is 0 Å². The first-order valence-electron chi connectivity index (χ1n) is 3.98. The molecular formula is C10H12N2O. The fraction of sp³-hybridized carbons (Fsp3) is 0.100. The fourth-order valence-corrected chi connectivity index (χ4v) is 0.834. The van der Waals surface area contributed by atoms with Crippen LogP contribution >= 0.6 is 0 Å². The van der Waals surface area contributed by atoms with Gasteiger partial charge in [-0.3, -0.25) is 4.79 Å². The third-order valence-corrected chi connectivity index (χ3v) is 1.60. The zero-order valence-electron chi connectivity index (χ0n) is 7.29. The molecule has 0 heterocycles. The Kier molecular flexibility index (Phi) is 3.23. The van der Waals surface area contributed by atoms with Crippen LogP contribution < -0.4 is 11.1 Å². The summed E-state index contributed by atoms with van der Waals surface area (Å²) in [6, 6.07) is 9.19. The van der Waals surface area contributed by atoms with Gasteiger partial charge in [-0.2, -0.15) is 0 Å². The number of nitrogens with one attached hydrogen (secondary N) is 1. The molecule has 3 heteroatoms. The summed E-state index contributed by atoms with van der Waals surface area (Å²) in [6.07, 6.45) is 0. The van der Waals surface area contributed by atoms with Crippen LogP contribution in [0, 0.1) is 0 Å². The summed E-state index contributed by atoms with van der Waals surface area (Å²) in [5.41, 5.74) is 6.40. The second-order valence-corrected chi connectivity index (χ2v) is 2.63. The number of carbonyl (C=O) groups is 1. The van der Waals surface area contributed by atoms with Crippen molar-refractivity contribution >= 4 is 11.6 Å². The second-order valence-electron chi connectivity index (χ2n) is 2.63. The molecule has 0 fully saturated rings. The van der Waals surface area contributed by atoms with E-state index in [1.165, 1.54) is 0 Å². The standard InChI is InChI=1S/C10H12N2O/c1-8(7-11)10(13)12-9-5-3-2-4-6-9/h2-6H,1,7,11H2,(H,12,13). The van der Waals surface area contributed by atoms with Gasteiger partial charge in [-0.15, -0.1) is 0 Å². The van der Waals surface area contributed by atoms with Gasteiger partial charge in [0.15, 0.2) is 0 Å². The van der Waals surface area contributed by atoms with Gasteiger partial charge in [0.2, 0.25) is 0 Å². The van der Waals surface area contributed by atoms with Crippen LogP contribution in [0.4, 0.5) is 5.69 Å². The third kappa shape index (κ3) is 2.72. The minimum Gasteiger partial charge on any atom is -0.326 e. The molecule has 0 aliphatic rings. The third-order valence-electron chi connectivity index (χ3n) is 1.60. The fourth-order valence-electron chi connectivity index (χ4n) is 0.834. The number of anilines is 1. The summed E-state index contributed by atoms with van der Waals surface area (Å²) in [5.74, 6) is -0.228. The molecule has 0 saturated heterocycles. The highest BCUT2D eigenvalue weighted by molar-refractivity contribution is 6.03. The number of hydrogen-bond acceptors (Lipinski definition) is 2. The Morgan fingerprint density at radius 3 is 2.54 bits per heavy atom. The molecule has 0 atom stereocenters. The highest BCUT2D eigenvalue weighted by Gasteiger charge is 2.03. The van der Waals surface area contributed by atoms with E-state index in [2.05, 4.69) is 11.9 Å². The molecule has 68 valence electrons. The Balaban J connectivity index is 2.60. The minimum absolute atomic E-state index is 0.179. The van der Waals surface area contributed by atoms with Crippen LogP contribution in [0.3, 0.4) is 0 Å². The molecule has 3 N–H and O–H groups in total. The number of carbonyl (C=O) groups excluding carboxylic acids is 1. The molecule has 0 radical (unpaired) electrons. The molecule has 1 rings (SSSR count). The van der Waals surface area contributed by atoms with E-state index in [1.54, 1.807) is 0 Å². The lowest BCUT2D eigenvalue weighted by molar-refractivity contribution is -0.112. The lowest BCUT2D eigenvalue weighted by atomic mass is 10.2. The molecule has 0 spiro atoms. The lowest BCUT2D eigenvalue weighted by Gasteiger charge is -2.04. The van der Waals surface area contributed by atoms with Crippen LogP contribution in [0.15, 0.2) is 42.5 Å². The van der Waals surface area contributed by atoms with Gasteiger partial charge in [0.05, 0.1) is 0 Å². The van der Waals surface area contributed by atoms with E-state index in [0.717, 1.165) is 5.69 Å². The smallest absolute Gasteiger partial charge is 0.252 e. The van der Waals surface area contributed by atoms with Gasteiger partial charge in [-0.05, 0) is 12.1 Å². The van der Waals surface area contributed by atoms with Crippen LogP contribution in [0.25, 0.3) is 0 Å². The quantitative estimate of drug-likeness (QED) is 0.678. The number of hydrogen-bond donors (Lipinski definition) is 2. The lowest BCUT2D eigenvalue weighted by Crippen LogP contribution is -2.19. The van der Waals surface area contributed by atoms with Crippen molar-refractivity contribution < 1.29 is 4.79 Å². The van der Waals surface area contributed by atoms with Crippen molar-refractivity contribution in [1.82, 2.24) is 0 Å². The van der Waals surface area contributed by atoms with Crippen LogP contribution in [0.5, 0.6) is 0 Å². The van der Waals surface area contributed by atoms with Crippen LogP contribution in [-0.4, -0.2) is 12.5 Å². The Bertz CT molecular complexity index is 306. The number of rotatable bonds is 3. The first kappa shape index (κ1) is 9.48. The number of nitrogens with two attached hydrogens (primary N) is 1. The molecule has 0 unspecified atom stereocenters. The Morgan fingerprint density at radius 2 is 2.00 bits per heavy atom. The molecule has 0 bridgehead atoms. The monoisotopic (exact) mass is 176 g/mol. The van der Waals surface area contributed by atoms with E-state index >= 15 is 0 Å². The summed E-state index contributed by atoms with van der Waals surface area (Å²) in [6.45, 7) is 3.71. The van der Waals surface area contributed by atoms with E-state index in [1.807, 2.05) is 30.3 Å². The van der Waals surface area contributed by atoms with E-state index in [4.69, 9.17) is 5.73 Å². The minimum atomic E-state index is -0.228. The Labute approximate surface area is 77.3 Å². The van der Waals surface area contributed by atoms with Crippen molar-refractivity contribution in [2.45, 2.75) is 0 Å². The molecular weight excluding hydrogens is 164 g/mol. The average molecular weight is 176 g/mol. The van der Waals surface area contributed by atoms with Crippen molar-refractivity contribution in [3.05, 3.63) is 42.5 Å². The molecule has 0 aromatic heterocycles. The van der Waals surface area contributed by atoms with Crippen LogP contribution in [-0.2, 0) is 4.79 Å². The van der Waals surface area contributed by atoms with Crippen molar-refractivity contribution in [2.24, 2.45) is 5.73 Å². The van der Waals surface area contributed by atoms with Crippen molar-refractivity contribution in [3.63, 3.8) is 0 Å². The maximum absolute atomic E-state index is 11.3. The summed E-state index contributed by atoms with van der Waals surface area (Å²) < 4.78 is 0. The molecule has 0 saturated carbocycles. The normalized spacial score (nSPS) is 9.31. The van der Waals surface area contributed by atoms with E-state index in [0.29, 0.717) is 5.57 Å². The highest BCUT2D eigenvalue weighted by atomic mass is 16.1. The zero-order valence-corrected chi connectivity index (χ0v) is 7.29. The molecule has 0 aliphatic heterocycles. The first-order chi connectivity index (χ1) is 6.24. The molecule has 3 nitrogen and oxygen atoms in total. The Hall–Kier alpha value is -1.61. The van der Waals surface area contributed by atoms with Crippen molar-refractivity contribution in [1.29, 1.82) is 0 Å². The van der Waals surface area contributed by atoms with Crippen LogP contribution in [0.1, 0.15) is 0 Å². The maximum Gasteiger partial charge on any atom is 0.252 e. The predicted octanol–water partition coefficient (Wildman–Crippen LogP) is 1.14. The molecule has 1 amide bonds.